The molecule has 70 heavy (non-hydrogen) atoms. The maximum Gasteiger partial charge on any atom is 0.306 e. The third kappa shape index (κ3) is 10.2. The van der Waals surface area contributed by atoms with Crippen molar-refractivity contribution in [2.75, 3.05) is 19.7 Å². The Balaban J connectivity index is 0.951. The zero-order chi connectivity index (χ0) is 51.2. The van der Waals surface area contributed by atoms with Crippen molar-refractivity contribution in [3.05, 3.63) is 30.2 Å². The van der Waals surface area contributed by atoms with Crippen LogP contribution in [0.25, 0.3) is 0 Å². The Labute approximate surface area is 405 Å². The number of nitrogens with one attached hydrogen (secondary N) is 1. The molecule has 0 aromatic heterocycles. The number of unbranched alkanes of at least 4 members (excludes halogenated alkanes) is 1. The van der Waals surface area contributed by atoms with Crippen LogP contribution < -0.4 is 28.3 Å². The van der Waals surface area contributed by atoms with E-state index in [9.17, 15) is 65.1 Å². The van der Waals surface area contributed by atoms with Gasteiger partial charge in [-0.05, 0) is 88.3 Å². The molecule has 395 valence electrons. The smallest absolute Gasteiger partial charge is 0.306 e. The molecule has 0 aromatic rings. The van der Waals surface area contributed by atoms with Gasteiger partial charge in [0.25, 0.3) is 0 Å². The quantitative estimate of drug-likeness (QED) is 0.0480. The summed E-state index contributed by atoms with van der Waals surface area (Å²) in [4.78, 5) is 52.3. The average molecular weight is 997 g/mol. The van der Waals surface area contributed by atoms with E-state index in [0.29, 0.717) is 12.8 Å². The molecule has 18 N–H and O–H groups in total. The Morgan fingerprint density at radius 1 is 0.929 bits per heavy atom. The lowest BCUT2D eigenvalue weighted by molar-refractivity contribution is -0.333. The highest BCUT2D eigenvalue weighted by Gasteiger charge is 2.68. The largest absolute Gasteiger partial charge is 0.458 e. The summed E-state index contributed by atoms with van der Waals surface area (Å²) in [6.45, 7) is 2.81. The van der Waals surface area contributed by atoms with Gasteiger partial charge in [-0.2, -0.15) is 0 Å². The Morgan fingerprint density at radius 3 is 2.30 bits per heavy atom. The van der Waals surface area contributed by atoms with E-state index in [2.05, 4.69) is 12.2 Å². The molecule has 1 amide bonds. The molecule has 6 fully saturated rings. The molecule has 0 spiro atoms. The summed E-state index contributed by atoms with van der Waals surface area (Å²) in [5, 5.41) is 102. The number of nitrogens with two attached hydrogens (primary N) is 4. The van der Waals surface area contributed by atoms with Crippen molar-refractivity contribution < 1.29 is 88.8 Å². The molecular formula is C47H74N5O18. The van der Waals surface area contributed by atoms with Crippen LogP contribution in [0, 0.1) is 35.0 Å². The van der Waals surface area contributed by atoms with Crippen LogP contribution in [-0.2, 0) is 42.9 Å². The summed E-state index contributed by atoms with van der Waals surface area (Å²) < 4.78 is 29.0. The molecule has 2 aliphatic heterocycles. The molecular weight excluding hydrogens is 923 g/mol. The highest BCUT2D eigenvalue weighted by atomic mass is 16.7. The molecule has 23 nitrogen and oxygen atoms in total. The summed E-state index contributed by atoms with van der Waals surface area (Å²) in [5.41, 5.74) is 21.8. The molecule has 5 aliphatic carbocycles. The number of aliphatic hydroxyl groups excluding tert-OH is 8. The third-order valence-corrected chi connectivity index (χ3v) is 16.7. The third-order valence-electron chi connectivity index (χ3n) is 16.7. The lowest BCUT2D eigenvalue weighted by Gasteiger charge is -2.59. The maximum atomic E-state index is 13.9. The fourth-order valence-electron chi connectivity index (χ4n) is 12.8. The molecule has 23 atom stereocenters. The molecule has 7 rings (SSSR count). The van der Waals surface area contributed by atoms with Crippen LogP contribution in [0.1, 0.15) is 78.1 Å². The summed E-state index contributed by atoms with van der Waals surface area (Å²) in [6.07, 6.45) is -13.1. The Bertz CT molecular complexity index is 1960. The zero-order valence-electron chi connectivity index (χ0n) is 39.6. The van der Waals surface area contributed by atoms with Crippen LogP contribution in [0.5, 0.6) is 0 Å². The van der Waals surface area contributed by atoms with Crippen molar-refractivity contribution in [2.24, 2.45) is 51.5 Å². The first-order chi connectivity index (χ1) is 33.0. The predicted octanol–water partition coefficient (Wildman–Crippen LogP) is -4.92. The van der Waals surface area contributed by atoms with Gasteiger partial charge in [0.2, 0.25) is 5.91 Å². The number of Topliss-reactive ketones (excluding diaryl/α,β-unsaturated/α-hetero) is 1. The average Bonchev–Trinajstić information content (AvgIpc) is 3.59. The number of carbonyl (C=O) groups excluding carboxylic acids is 4. The Hall–Kier alpha value is -2.92. The number of ketones is 2. The fraction of sp³-hybridized carbons (Fsp3) is 0.809. The van der Waals surface area contributed by atoms with Crippen molar-refractivity contribution in [2.45, 2.75) is 188 Å². The van der Waals surface area contributed by atoms with Crippen molar-refractivity contribution in [1.82, 2.24) is 5.32 Å². The molecule has 4 saturated carbocycles. The molecule has 3 unspecified atom stereocenters. The van der Waals surface area contributed by atoms with Gasteiger partial charge in [0.05, 0.1) is 24.8 Å². The van der Waals surface area contributed by atoms with E-state index >= 15 is 0 Å². The lowest BCUT2D eigenvalue weighted by Crippen LogP contribution is -2.69. The number of carbonyl (C=O) groups is 4. The number of amides is 1. The van der Waals surface area contributed by atoms with E-state index in [1.165, 1.54) is 6.42 Å². The van der Waals surface area contributed by atoms with Gasteiger partial charge in [-0.3, -0.25) is 19.2 Å². The normalized spacial score (nSPS) is 46.2. The van der Waals surface area contributed by atoms with E-state index in [4.69, 9.17) is 46.6 Å². The lowest BCUT2D eigenvalue weighted by atomic mass is 9.46. The van der Waals surface area contributed by atoms with Crippen molar-refractivity contribution in [3.8, 4) is 0 Å². The molecule has 7 aliphatic rings. The van der Waals surface area contributed by atoms with Crippen molar-refractivity contribution in [3.63, 3.8) is 0 Å². The SMILES string of the molecule is C[C@]12C=CC(=O)C=C1CCC1C2[C@@H](O)C[C@@]2(C)C1CC[C@]2(O)C(=O)[CH]CCCC(=O)O[C@H]1[C@H](N)[C@@H](O)[C@@H](O[C@@H]2[C@@H](O)[C@H](O[C@H]3O[C@H](CN)[C@@H](O)[C@H](O)[C@H]3O)[C@@H](N)C[C@H]2NC(=O)[C@@H](O)CCN)O[C@@H]1CO. The van der Waals surface area contributed by atoms with Crippen LogP contribution in [0.15, 0.2) is 23.8 Å². The van der Waals surface area contributed by atoms with Crippen molar-refractivity contribution >= 4 is 23.4 Å². The van der Waals surface area contributed by atoms with E-state index < -0.39 is 145 Å². The summed E-state index contributed by atoms with van der Waals surface area (Å²) in [5.74, 6) is -2.45. The number of aliphatic hydroxyl groups is 9. The number of hydrogen-bond acceptors (Lipinski definition) is 22. The fourth-order valence-corrected chi connectivity index (χ4v) is 12.8. The van der Waals surface area contributed by atoms with Gasteiger partial charge in [0, 0.05) is 42.2 Å². The van der Waals surface area contributed by atoms with Crippen molar-refractivity contribution in [1.29, 1.82) is 0 Å². The van der Waals surface area contributed by atoms with Crippen LogP contribution >= 0.6 is 0 Å². The monoisotopic (exact) mass is 997 g/mol. The standard InChI is InChI=1S/C47H74N5O18/c1-45-12-9-21(54)15-20(45)7-8-22-23-10-13-47(65,46(23,2)17-27(56)32(22)45)30(57)5-3-4-6-31(58)68-41-29(19-53)67-43(35(60)33(41)51)70-40-25(52-42(64)26(55)11-14-48)16-24(50)39(38(40)63)69-44-37(62)36(61)34(59)28(18-49)66-44/h5,9,12,15,22-29,32-41,43-44,53,55-56,59-63,65H,3-4,6-8,10-11,13-14,16-19,48-51H2,1-2H3,(H,52,64)/t22?,23?,24-,25+,26-,27-,28+,29+,32?,33+,34+,35+,36-,37+,38-,39+,40-,41+,43+,44+,45-,46-,47-/m0/s1. The minimum Gasteiger partial charge on any atom is -0.458 e. The molecule has 2 heterocycles. The maximum absolute atomic E-state index is 13.9. The highest BCUT2D eigenvalue weighted by molar-refractivity contribution is 6.01. The van der Waals surface area contributed by atoms with Crippen LogP contribution in [0.4, 0.5) is 0 Å². The topological polar surface area (TPSA) is 413 Å². The Morgan fingerprint density at radius 2 is 1.61 bits per heavy atom. The number of esters is 1. The second kappa shape index (κ2) is 21.9. The van der Waals surface area contributed by atoms with E-state index in [1.807, 2.05) is 13.0 Å². The van der Waals surface area contributed by atoms with Gasteiger partial charge in [0.1, 0.15) is 72.7 Å². The van der Waals surface area contributed by atoms with Crippen LogP contribution in [0.3, 0.4) is 0 Å². The first-order valence-electron chi connectivity index (χ1n) is 24.5. The zero-order valence-corrected chi connectivity index (χ0v) is 39.6. The molecule has 0 bridgehead atoms. The number of ether oxygens (including phenoxy) is 5. The predicted molar refractivity (Wildman–Crippen MR) is 241 cm³/mol. The second-order valence-electron chi connectivity index (χ2n) is 20.9. The minimum absolute atomic E-state index is 0.0241. The van der Waals surface area contributed by atoms with E-state index in [-0.39, 0.29) is 81.6 Å². The van der Waals surface area contributed by atoms with Gasteiger partial charge in [-0.15, -0.1) is 0 Å². The summed E-state index contributed by atoms with van der Waals surface area (Å²) >= 11 is 0. The van der Waals surface area contributed by atoms with Gasteiger partial charge in [-0.1, -0.05) is 25.5 Å². The molecule has 1 radical (unpaired) electrons. The van der Waals surface area contributed by atoms with E-state index in [1.54, 1.807) is 12.2 Å². The molecule has 0 aromatic carbocycles. The number of fused-ring (bicyclic) bond motifs is 5. The molecule has 23 heteroatoms. The first-order valence-corrected chi connectivity index (χ1v) is 24.5. The highest BCUT2D eigenvalue weighted by Crippen LogP contribution is 2.67. The minimum atomic E-state index is -1.83. The van der Waals surface area contributed by atoms with Gasteiger partial charge >= 0.3 is 5.97 Å². The number of hydrogen-bond donors (Lipinski definition) is 14. The van der Waals surface area contributed by atoms with Gasteiger partial charge in [-0.25, -0.2) is 0 Å². The number of allylic oxidation sites excluding steroid dienone is 4. The van der Waals surface area contributed by atoms with Crippen LogP contribution in [0.2, 0.25) is 0 Å². The summed E-state index contributed by atoms with van der Waals surface area (Å²) in [6, 6.07) is -3.80. The van der Waals surface area contributed by atoms with E-state index in [0.717, 1.165) is 12.0 Å². The first kappa shape index (κ1) is 54.8. The van der Waals surface area contributed by atoms with Gasteiger partial charge < -0.3 is 97.9 Å². The Kier molecular flexibility index (Phi) is 17.1. The second-order valence-corrected chi connectivity index (χ2v) is 20.9. The van der Waals surface area contributed by atoms with Gasteiger partial charge in [0.15, 0.2) is 24.1 Å². The molecule has 2 saturated heterocycles. The van der Waals surface area contributed by atoms with Crippen LogP contribution in [-0.4, -0.2) is 199 Å². The summed E-state index contributed by atoms with van der Waals surface area (Å²) in [7, 11) is 0. The number of rotatable bonds is 17.